The molecule has 1 aliphatic carbocycles. The monoisotopic (exact) mass is 199 g/mol. The summed E-state index contributed by atoms with van der Waals surface area (Å²) in [5, 5.41) is 2.87. The van der Waals surface area contributed by atoms with Crippen molar-refractivity contribution in [1.29, 1.82) is 0 Å². The van der Waals surface area contributed by atoms with Crippen molar-refractivity contribution in [3.8, 4) is 0 Å². The van der Waals surface area contributed by atoms with Gasteiger partial charge in [0.15, 0.2) is 0 Å². The van der Waals surface area contributed by atoms with Crippen molar-refractivity contribution < 1.29 is 8.78 Å². The molecule has 74 valence electrons. The zero-order valence-corrected chi connectivity index (χ0v) is 7.88. The van der Waals surface area contributed by atoms with Gasteiger partial charge in [0.05, 0.1) is 6.54 Å². The van der Waals surface area contributed by atoms with Crippen LogP contribution in [0.4, 0.5) is 8.78 Å². The van der Waals surface area contributed by atoms with Gasteiger partial charge in [-0.2, -0.15) is 0 Å². The molecule has 1 saturated carbocycles. The van der Waals surface area contributed by atoms with Crippen LogP contribution in [-0.4, -0.2) is 19.0 Å². The molecule has 0 atom stereocenters. The van der Waals surface area contributed by atoms with Gasteiger partial charge in [-0.1, -0.05) is 19.3 Å². The maximum atomic E-state index is 11.7. The Labute approximate surface area is 78.3 Å². The Kier molecular flexibility index (Phi) is 6.67. The summed E-state index contributed by atoms with van der Waals surface area (Å²) in [6.45, 7) is -0.134. The number of rotatable bonds is 3. The zero-order valence-electron chi connectivity index (χ0n) is 7.06. The molecule has 1 aliphatic rings. The van der Waals surface area contributed by atoms with Crippen molar-refractivity contribution in [2.75, 3.05) is 6.54 Å². The third-order valence-electron chi connectivity index (χ3n) is 2.17. The topological polar surface area (TPSA) is 12.0 Å². The van der Waals surface area contributed by atoms with Gasteiger partial charge < -0.3 is 5.32 Å². The van der Waals surface area contributed by atoms with Crippen LogP contribution in [-0.2, 0) is 0 Å². The van der Waals surface area contributed by atoms with Crippen LogP contribution in [0.15, 0.2) is 0 Å². The van der Waals surface area contributed by atoms with Crippen LogP contribution in [0.5, 0.6) is 0 Å². The first kappa shape index (κ1) is 12.1. The van der Waals surface area contributed by atoms with Gasteiger partial charge >= 0.3 is 0 Å². The summed E-state index contributed by atoms with van der Waals surface area (Å²) < 4.78 is 23.5. The minimum Gasteiger partial charge on any atom is -0.309 e. The van der Waals surface area contributed by atoms with E-state index in [9.17, 15) is 8.78 Å². The second kappa shape index (κ2) is 6.61. The number of alkyl halides is 2. The van der Waals surface area contributed by atoms with Gasteiger partial charge in [-0.05, 0) is 12.8 Å². The van der Waals surface area contributed by atoms with Gasteiger partial charge in [-0.15, -0.1) is 12.4 Å². The van der Waals surface area contributed by atoms with Crippen LogP contribution in [0, 0.1) is 0 Å². The number of halogens is 3. The highest BCUT2D eigenvalue weighted by Crippen LogP contribution is 2.17. The fraction of sp³-hybridized carbons (Fsp3) is 1.00. The molecule has 0 unspecified atom stereocenters. The van der Waals surface area contributed by atoms with Crippen LogP contribution in [0.3, 0.4) is 0 Å². The quantitative estimate of drug-likeness (QED) is 0.737. The maximum Gasteiger partial charge on any atom is 0.250 e. The third kappa shape index (κ3) is 4.88. The predicted octanol–water partition coefficient (Wildman–Crippen LogP) is 2.60. The molecule has 0 spiro atoms. The van der Waals surface area contributed by atoms with Crippen molar-refractivity contribution in [1.82, 2.24) is 5.32 Å². The first-order valence-electron chi connectivity index (χ1n) is 4.30. The van der Waals surface area contributed by atoms with Crippen molar-refractivity contribution in [3.05, 3.63) is 0 Å². The molecular formula is C8H16ClF2N. The molecule has 0 saturated heterocycles. The molecule has 0 bridgehead atoms. The zero-order chi connectivity index (χ0) is 8.10. The standard InChI is InChI=1S/C8H15F2N.ClH/c9-8(10)6-11-7-4-2-1-3-5-7;/h7-8,11H,1-6H2;1H. The van der Waals surface area contributed by atoms with Crippen LogP contribution >= 0.6 is 12.4 Å². The van der Waals surface area contributed by atoms with E-state index in [0.29, 0.717) is 6.04 Å². The molecule has 1 fully saturated rings. The fourth-order valence-electron chi connectivity index (χ4n) is 1.56. The van der Waals surface area contributed by atoms with Gasteiger partial charge in [0, 0.05) is 6.04 Å². The van der Waals surface area contributed by atoms with E-state index in [-0.39, 0.29) is 19.0 Å². The molecule has 0 aromatic carbocycles. The highest BCUT2D eigenvalue weighted by atomic mass is 35.5. The Morgan fingerprint density at radius 2 is 1.75 bits per heavy atom. The SMILES string of the molecule is Cl.FC(F)CNC1CCCCC1. The predicted molar refractivity (Wildman–Crippen MR) is 48.1 cm³/mol. The van der Waals surface area contributed by atoms with Crippen molar-refractivity contribution >= 4 is 12.4 Å². The maximum absolute atomic E-state index is 11.7. The second-order valence-corrected chi connectivity index (χ2v) is 3.13. The van der Waals surface area contributed by atoms with Crippen LogP contribution in [0.25, 0.3) is 0 Å². The Hall–Kier alpha value is 0.110. The highest BCUT2D eigenvalue weighted by molar-refractivity contribution is 5.85. The summed E-state index contributed by atoms with van der Waals surface area (Å²) in [4.78, 5) is 0. The molecule has 1 N–H and O–H groups in total. The first-order valence-corrected chi connectivity index (χ1v) is 4.30. The third-order valence-corrected chi connectivity index (χ3v) is 2.17. The highest BCUT2D eigenvalue weighted by Gasteiger charge is 2.13. The van der Waals surface area contributed by atoms with E-state index in [4.69, 9.17) is 0 Å². The summed E-state index contributed by atoms with van der Waals surface area (Å²) in [5.41, 5.74) is 0. The summed E-state index contributed by atoms with van der Waals surface area (Å²) >= 11 is 0. The Bertz CT molecular complexity index is 105. The van der Waals surface area contributed by atoms with E-state index in [1.165, 1.54) is 19.3 Å². The van der Waals surface area contributed by atoms with E-state index in [1.54, 1.807) is 0 Å². The second-order valence-electron chi connectivity index (χ2n) is 3.13. The van der Waals surface area contributed by atoms with Crippen molar-refractivity contribution in [2.24, 2.45) is 0 Å². The average molecular weight is 200 g/mol. The lowest BCUT2D eigenvalue weighted by molar-refractivity contribution is 0.138. The summed E-state index contributed by atoms with van der Waals surface area (Å²) in [6.07, 6.45) is 3.62. The molecule has 0 heterocycles. The van der Waals surface area contributed by atoms with Crippen LogP contribution in [0.2, 0.25) is 0 Å². The lowest BCUT2D eigenvalue weighted by Gasteiger charge is -2.22. The smallest absolute Gasteiger partial charge is 0.250 e. The van der Waals surface area contributed by atoms with Crippen LogP contribution < -0.4 is 5.32 Å². The van der Waals surface area contributed by atoms with E-state index >= 15 is 0 Å². The summed E-state index contributed by atoms with van der Waals surface area (Å²) in [5.74, 6) is 0. The van der Waals surface area contributed by atoms with Crippen molar-refractivity contribution in [3.63, 3.8) is 0 Å². The first-order chi connectivity index (χ1) is 5.29. The molecule has 1 nitrogen and oxygen atoms in total. The minimum atomic E-state index is -2.20. The minimum absolute atomic E-state index is 0. The molecule has 0 aliphatic heterocycles. The molecule has 0 amide bonds. The van der Waals surface area contributed by atoms with Gasteiger partial charge in [0.1, 0.15) is 0 Å². The molecule has 1 rings (SSSR count). The van der Waals surface area contributed by atoms with E-state index in [1.807, 2.05) is 0 Å². The van der Waals surface area contributed by atoms with Gasteiger partial charge in [-0.3, -0.25) is 0 Å². The van der Waals surface area contributed by atoms with Gasteiger partial charge in [-0.25, -0.2) is 8.78 Å². The lowest BCUT2D eigenvalue weighted by Crippen LogP contribution is -2.34. The van der Waals surface area contributed by atoms with Gasteiger partial charge in [0.25, 0.3) is 6.43 Å². The largest absolute Gasteiger partial charge is 0.309 e. The van der Waals surface area contributed by atoms with Gasteiger partial charge in [0.2, 0.25) is 0 Å². The number of hydrogen-bond donors (Lipinski definition) is 1. The number of nitrogens with one attached hydrogen (secondary N) is 1. The summed E-state index contributed by atoms with van der Waals surface area (Å²) in [7, 11) is 0. The normalized spacial score (nSPS) is 19.2. The lowest BCUT2D eigenvalue weighted by atomic mass is 9.96. The Balaban J connectivity index is 0.00000121. The van der Waals surface area contributed by atoms with E-state index < -0.39 is 6.43 Å². The van der Waals surface area contributed by atoms with Crippen molar-refractivity contribution in [2.45, 2.75) is 44.6 Å². The fourth-order valence-corrected chi connectivity index (χ4v) is 1.56. The Morgan fingerprint density at radius 3 is 2.25 bits per heavy atom. The molecular weight excluding hydrogens is 184 g/mol. The van der Waals surface area contributed by atoms with Crippen LogP contribution in [0.1, 0.15) is 32.1 Å². The molecule has 12 heavy (non-hydrogen) atoms. The van der Waals surface area contributed by atoms with E-state index in [2.05, 4.69) is 5.32 Å². The molecule has 0 radical (unpaired) electrons. The average Bonchev–Trinajstić information content (AvgIpc) is 2.03. The Morgan fingerprint density at radius 1 is 1.17 bits per heavy atom. The number of hydrogen-bond acceptors (Lipinski definition) is 1. The molecule has 4 heteroatoms. The summed E-state index contributed by atoms with van der Waals surface area (Å²) in [6, 6.07) is 0.359. The van der Waals surface area contributed by atoms with E-state index in [0.717, 1.165) is 12.8 Å². The molecule has 0 aromatic rings. The molecule has 0 aromatic heterocycles.